The first-order valence-electron chi connectivity index (χ1n) is 7.74. The number of carbonyl (C=O) groups is 1. The van der Waals surface area contributed by atoms with Gasteiger partial charge in [0.05, 0.1) is 18.2 Å². The van der Waals surface area contributed by atoms with Gasteiger partial charge in [-0.15, -0.1) is 0 Å². The van der Waals surface area contributed by atoms with Crippen LogP contribution in [-0.4, -0.2) is 30.3 Å². The van der Waals surface area contributed by atoms with E-state index in [4.69, 9.17) is 4.74 Å². The molecular weight excluding hydrogens is 309 g/mol. The number of hydrogen-bond donors (Lipinski definition) is 2. The van der Waals surface area contributed by atoms with Gasteiger partial charge in [0, 0.05) is 5.56 Å². The molecule has 1 amide bonds. The second kappa shape index (κ2) is 7.27. The van der Waals surface area contributed by atoms with E-state index >= 15 is 0 Å². The molecule has 1 aliphatic heterocycles. The molecule has 3 rings (SSSR count). The molecule has 4 nitrogen and oxygen atoms in total. The number of benzene rings is 2. The SMILES string of the molecule is O=C(NC(CO)Cc1ccccc1)C1=Cc2cc(F)ccc2OC1. The lowest BCUT2D eigenvalue weighted by molar-refractivity contribution is -0.118. The van der Waals surface area contributed by atoms with Crippen LogP contribution in [-0.2, 0) is 11.2 Å². The number of ether oxygens (including phenoxy) is 1. The third kappa shape index (κ3) is 3.81. The van der Waals surface area contributed by atoms with Crippen molar-refractivity contribution in [3.8, 4) is 5.75 Å². The maximum atomic E-state index is 13.3. The summed E-state index contributed by atoms with van der Waals surface area (Å²) >= 11 is 0. The molecule has 124 valence electrons. The van der Waals surface area contributed by atoms with Crippen LogP contribution in [0.1, 0.15) is 11.1 Å². The average Bonchev–Trinajstić information content (AvgIpc) is 2.61. The van der Waals surface area contributed by atoms with E-state index in [1.807, 2.05) is 30.3 Å². The van der Waals surface area contributed by atoms with Crippen molar-refractivity contribution in [1.29, 1.82) is 0 Å². The summed E-state index contributed by atoms with van der Waals surface area (Å²) in [6.45, 7) is -0.0477. The van der Waals surface area contributed by atoms with Gasteiger partial charge in [-0.25, -0.2) is 4.39 Å². The largest absolute Gasteiger partial charge is 0.488 e. The number of rotatable bonds is 5. The van der Waals surface area contributed by atoms with Crippen molar-refractivity contribution in [2.24, 2.45) is 0 Å². The maximum Gasteiger partial charge on any atom is 0.250 e. The molecule has 0 spiro atoms. The standard InChI is InChI=1S/C19H18FNO3/c20-16-6-7-18-14(10-16)9-15(12-24-18)19(23)21-17(11-22)8-13-4-2-1-3-5-13/h1-7,9-10,17,22H,8,11-12H2,(H,21,23). The predicted molar refractivity (Wildman–Crippen MR) is 89.0 cm³/mol. The van der Waals surface area contributed by atoms with Crippen LogP contribution in [0.3, 0.4) is 0 Å². The molecule has 24 heavy (non-hydrogen) atoms. The molecule has 0 radical (unpaired) electrons. The molecular formula is C19H18FNO3. The Morgan fingerprint density at radius 3 is 2.79 bits per heavy atom. The van der Waals surface area contributed by atoms with Gasteiger partial charge in [0.2, 0.25) is 0 Å². The van der Waals surface area contributed by atoms with Gasteiger partial charge in [-0.3, -0.25) is 4.79 Å². The number of aliphatic hydroxyl groups excluding tert-OH is 1. The van der Waals surface area contributed by atoms with Gasteiger partial charge in [0.1, 0.15) is 18.2 Å². The van der Waals surface area contributed by atoms with Crippen LogP contribution in [0.15, 0.2) is 54.1 Å². The highest BCUT2D eigenvalue weighted by molar-refractivity contribution is 5.99. The number of aliphatic hydroxyl groups is 1. The summed E-state index contributed by atoms with van der Waals surface area (Å²) in [5, 5.41) is 12.3. The zero-order valence-electron chi connectivity index (χ0n) is 13.0. The first kappa shape index (κ1) is 16.2. The molecule has 1 aliphatic rings. The van der Waals surface area contributed by atoms with E-state index in [1.165, 1.54) is 12.1 Å². The highest BCUT2D eigenvalue weighted by Gasteiger charge is 2.20. The smallest absolute Gasteiger partial charge is 0.250 e. The molecule has 1 unspecified atom stereocenters. The number of hydrogen-bond acceptors (Lipinski definition) is 3. The lowest BCUT2D eigenvalue weighted by atomic mass is 10.0. The molecule has 1 atom stereocenters. The number of carbonyl (C=O) groups excluding carboxylic acids is 1. The quantitative estimate of drug-likeness (QED) is 0.886. The molecule has 0 saturated carbocycles. The van der Waals surface area contributed by atoms with Gasteiger partial charge in [-0.05, 0) is 36.3 Å². The van der Waals surface area contributed by atoms with Crippen molar-refractivity contribution in [2.45, 2.75) is 12.5 Å². The summed E-state index contributed by atoms with van der Waals surface area (Å²) in [6, 6.07) is 13.4. The number of nitrogens with one attached hydrogen (secondary N) is 1. The zero-order valence-corrected chi connectivity index (χ0v) is 13.0. The Kier molecular flexibility index (Phi) is 4.91. The number of halogens is 1. The molecule has 0 bridgehead atoms. The Morgan fingerprint density at radius 1 is 1.25 bits per heavy atom. The summed E-state index contributed by atoms with van der Waals surface area (Å²) < 4.78 is 18.8. The Morgan fingerprint density at radius 2 is 2.04 bits per heavy atom. The highest BCUT2D eigenvalue weighted by Crippen LogP contribution is 2.27. The average molecular weight is 327 g/mol. The molecule has 0 aromatic heterocycles. The van der Waals surface area contributed by atoms with Crippen molar-refractivity contribution in [2.75, 3.05) is 13.2 Å². The molecule has 5 heteroatoms. The molecule has 0 saturated heterocycles. The summed E-state index contributed by atoms with van der Waals surface area (Å²) in [7, 11) is 0. The van der Waals surface area contributed by atoms with E-state index in [1.54, 1.807) is 12.1 Å². The van der Waals surface area contributed by atoms with E-state index in [9.17, 15) is 14.3 Å². The van der Waals surface area contributed by atoms with Gasteiger partial charge in [0.25, 0.3) is 5.91 Å². The second-order valence-electron chi connectivity index (χ2n) is 5.68. The first-order chi connectivity index (χ1) is 11.7. The summed E-state index contributed by atoms with van der Waals surface area (Å²) in [6.07, 6.45) is 2.15. The Bertz CT molecular complexity index is 758. The van der Waals surface area contributed by atoms with E-state index in [-0.39, 0.29) is 24.9 Å². The maximum absolute atomic E-state index is 13.3. The summed E-state index contributed by atoms with van der Waals surface area (Å²) in [4.78, 5) is 12.4. The lowest BCUT2D eigenvalue weighted by Gasteiger charge is -2.21. The third-order valence-electron chi connectivity index (χ3n) is 3.86. The van der Waals surface area contributed by atoms with Crippen molar-refractivity contribution in [3.63, 3.8) is 0 Å². The fourth-order valence-corrected chi connectivity index (χ4v) is 2.62. The second-order valence-corrected chi connectivity index (χ2v) is 5.68. The van der Waals surface area contributed by atoms with Gasteiger partial charge in [0.15, 0.2) is 0 Å². The molecule has 2 aromatic rings. The minimum atomic E-state index is -0.394. The van der Waals surface area contributed by atoms with Crippen LogP contribution in [0, 0.1) is 5.82 Å². The van der Waals surface area contributed by atoms with Crippen LogP contribution in [0.2, 0.25) is 0 Å². The fraction of sp³-hybridized carbons (Fsp3) is 0.211. The van der Waals surface area contributed by atoms with Crippen molar-refractivity contribution in [1.82, 2.24) is 5.32 Å². The summed E-state index contributed by atoms with van der Waals surface area (Å²) in [5.41, 5.74) is 1.97. The molecule has 2 aromatic carbocycles. The molecule has 0 aliphatic carbocycles. The van der Waals surface area contributed by atoms with Crippen LogP contribution in [0.4, 0.5) is 4.39 Å². The first-order valence-corrected chi connectivity index (χ1v) is 7.74. The van der Waals surface area contributed by atoms with E-state index in [2.05, 4.69) is 5.32 Å². The number of fused-ring (bicyclic) bond motifs is 1. The molecule has 1 heterocycles. The third-order valence-corrected chi connectivity index (χ3v) is 3.86. The molecule has 2 N–H and O–H groups in total. The van der Waals surface area contributed by atoms with Gasteiger partial charge in [-0.1, -0.05) is 30.3 Å². The molecule has 0 fully saturated rings. The highest BCUT2D eigenvalue weighted by atomic mass is 19.1. The van der Waals surface area contributed by atoms with E-state index in [0.29, 0.717) is 23.3 Å². The van der Waals surface area contributed by atoms with Gasteiger partial charge in [-0.2, -0.15) is 0 Å². The topological polar surface area (TPSA) is 58.6 Å². The zero-order chi connectivity index (χ0) is 16.9. The number of amides is 1. The normalized spacial score (nSPS) is 14.2. The van der Waals surface area contributed by atoms with Crippen molar-refractivity contribution >= 4 is 12.0 Å². The van der Waals surface area contributed by atoms with Gasteiger partial charge < -0.3 is 15.2 Å². The predicted octanol–water partition coefficient (Wildman–Crippen LogP) is 2.32. The van der Waals surface area contributed by atoms with E-state index in [0.717, 1.165) is 5.56 Å². The minimum Gasteiger partial charge on any atom is -0.488 e. The summed E-state index contributed by atoms with van der Waals surface area (Å²) in [5.74, 6) is -0.150. The Hall–Kier alpha value is -2.66. The Balaban J connectivity index is 1.70. The fourth-order valence-electron chi connectivity index (χ4n) is 2.62. The van der Waals surface area contributed by atoms with Crippen LogP contribution >= 0.6 is 0 Å². The van der Waals surface area contributed by atoms with Crippen LogP contribution < -0.4 is 10.1 Å². The van der Waals surface area contributed by atoms with Crippen molar-refractivity contribution in [3.05, 3.63) is 71.0 Å². The monoisotopic (exact) mass is 327 g/mol. The minimum absolute atomic E-state index is 0.119. The van der Waals surface area contributed by atoms with Crippen LogP contribution in [0.25, 0.3) is 6.08 Å². The van der Waals surface area contributed by atoms with Crippen molar-refractivity contribution < 1.29 is 19.0 Å². The lowest BCUT2D eigenvalue weighted by Crippen LogP contribution is -2.41. The Labute approximate surface area is 139 Å². The van der Waals surface area contributed by atoms with Crippen LogP contribution in [0.5, 0.6) is 5.75 Å². The van der Waals surface area contributed by atoms with Gasteiger partial charge >= 0.3 is 0 Å². The van der Waals surface area contributed by atoms with E-state index < -0.39 is 6.04 Å².